The van der Waals surface area contributed by atoms with Crippen molar-refractivity contribution in [3.05, 3.63) is 52.1 Å². The Labute approximate surface area is 184 Å². The number of aromatic nitrogens is 2. The third-order valence-electron chi connectivity index (χ3n) is 5.19. The number of amides is 1. The Morgan fingerprint density at radius 2 is 2.17 bits per heavy atom. The molecule has 6 nitrogen and oxygen atoms in total. The summed E-state index contributed by atoms with van der Waals surface area (Å²) in [4.78, 5) is 16.8. The summed E-state index contributed by atoms with van der Waals surface area (Å²) in [5, 5.41) is 5.95. The molecular formula is C22H24ClN3O3S. The van der Waals surface area contributed by atoms with Gasteiger partial charge in [-0.25, -0.2) is 4.98 Å². The van der Waals surface area contributed by atoms with E-state index in [0.29, 0.717) is 15.9 Å². The van der Waals surface area contributed by atoms with Crippen LogP contribution in [0.3, 0.4) is 0 Å². The zero-order valence-corrected chi connectivity index (χ0v) is 18.6. The zero-order valence-electron chi connectivity index (χ0n) is 17.0. The van der Waals surface area contributed by atoms with E-state index in [1.54, 1.807) is 24.3 Å². The summed E-state index contributed by atoms with van der Waals surface area (Å²) in [7, 11) is 0. The first-order chi connectivity index (χ1) is 14.5. The molecule has 0 saturated carbocycles. The van der Waals surface area contributed by atoms with E-state index in [2.05, 4.69) is 34.8 Å². The molecule has 0 bridgehead atoms. The van der Waals surface area contributed by atoms with Crippen LogP contribution in [0.1, 0.15) is 24.2 Å². The quantitative estimate of drug-likeness (QED) is 0.550. The highest BCUT2D eigenvalue weighted by Gasteiger charge is 2.20. The number of anilines is 1. The average Bonchev–Trinajstić information content (AvgIpc) is 3.46. The smallest absolute Gasteiger partial charge is 0.264 e. The number of rotatable bonds is 7. The van der Waals surface area contributed by atoms with Gasteiger partial charge in [0.2, 0.25) is 0 Å². The molecule has 1 aliphatic rings. The van der Waals surface area contributed by atoms with E-state index in [0.717, 1.165) is 42.9 Å². The van der Waals surface area contributed by atoms with E-state index < -0.39 is 0 Å². The number of carbonyl (C=O) groups excluding carboxylic acids is 1. The fraction of sp³-hybridized carbons (Fsp3) is 0.364. The van der Waals surface area contributed by atoms with Crippen LogP contribution < -0.4 is 10.1 Å². The lowest BCUT2D eigenvalue weighted by molar-refractivity contribution is -0.118. The van der Waals surface area contributed by atoms with Gasteiger partial charge >= 0.3 is 0 Å². The average molecular weight is 446 g/mol. The first-order valence-electron chi connectivity index (χ1n) is 9.92. The third-order valence-corrected chi connectivity index (χ3v) is 6.20. The second kappa shape index (κ2) is 9.20. The van der Waals surface area contributed by atoms with Gasteiger partial charge in [0.15, 0.2) is 11.7 Å². The van der Waals surface area contributed by atoms with Gasteiger partial charge in [0, 0.05) is 40.5 Å². The van der Waals surface area contributed by atoms with Gasteiger partial charge in [-0.2, -0.15) is 0 Å². The number of halogens is 1. The monoisotopic (exact) mass is 445 g/mol. The van der Waals surface area contributed by atoms with Gasteiger partial charge in [0.1, 0.15) is 5.75 Å². The van der Waals surface area contributed by atoms with Gasteiger partial charge in [-0.1, -0.05) is 11.6 Å². The van der Waals surface area contributed by atoms with Crippen molar-refractivity contribution >= 4 is 34.0 Å². The zero-order chi connectivity index (χ0) is 21.1. The van der Waals surface area contributed by atoms with Crippen LogP contribution in [-0.4, -0.2) is 34.8 Å². The number of hydrogen-bond donors (Lipinski definition) is 1. The normalized spacial score (nSPS) is 16.0. The standard InChI is InChI=1S/C22H24ClN3O3S/c1-14-10-19(15(2)26(14)11-18-4-3-9-28-18)20-13-30-22(24-20)25-21(27)12-29-17-7-5-16(23)6-8-17/h5-8,10,13,18H,3-4,9,11-12H2,1-2H3,(H,24,25,27). The minimum absolute atomic E-state index is 0.0908. The van der Waals surface area contributed by atoms with Gasteiger partial charge in [-0.3, -0.25) is 10.1 Å². The molecule has 3 heterocycles. The Morgan fingerprint density at radius 1 is 1.37 bits per heavy atom. The van der Waals surface area contributed by atoms with E-state index in [4.69, 9.17) is 21.1 Å². The minimum Gasteiger partial charge on any atom is -0.484 e. The highest BCUT2D eigenvalue weighted by molar-refractivity contribution is 7.14. The number of nitrogens with zero attached hydrogens (tertiary/aromatic N) is 2. The molecule has 1 aromatic carbocycles. The molecule has 1 atom stereocenters. The molecule has 30 heavy (non-hydrogen) atoms. The van der Waals surface area contributed by atoms with Crippen LogP contribution in [-0.2, 0) is 16.1 Å². The van der Waals surface area contributed by atoms with Crippen molar-refractivity contribution in [2.24, 2.45) is 0 Å². The summed E-state index contributed by atoms with van der Waals surface area (Å²) in [5.41, 5.74) is 4.30. The van der Waals surface area contributed by atoms with E-state index >= 15 is 0 Å². The van der Waals surface area contributed by atoms with Crippen molar-refractivity contribution in [1.82, 2.24) is 9.55 Å². The second-order valence-electron chi connectivity index (χ2n) is 7.36. The molecule has 1 unspecified atom stereocenters. The molecule has 1 aliphatic heterocycles. The third kappa shape index (κ3) is 4.86. The van der Waals surface area contributed by atoms with Crippen molar-refractivity contribution < 1.29 is 14.3 Å². The molecule has 1 fully saturated rings. The van der Waals surface area contributed by atoms with Crippen LogP contribution >= 0.6 is 22.9 Å². The number of ether oxygens (including phenoxy) is 2. The number of nitrogens with one attached hydrogen (secondary N) is 1. The molecule has 1 amide bonds. The Kier molecular flexibility index (Phi) is 6.41. The van der Waals surface area contributed by atoms with Gasteiger partial charge in [-0.05, 0) is 57.0 Å². The van der Waals surface area contributed by atoms with E-state index in [1.165, 1.54) is 17.0 Å². The molecule has 158 valence electrons. The topological polar surface area (TPSA) is 65.4 Å². The highest BCUT2D eigenvalue weighted by atomic mass is 35.5. The summed E-state index contributed by atoms with van der Waals surface area (Å²) >= 11 is 7.25. The number of aryl methyl sites for hydroxylation is 1. The first-order valence-corrected chi connectivity index (χ1v) is 11.2. The van der Waals surface area contributed by atoms with Crippen molar-refractivity contribution in [2.75, 3.05) is 18.5 Å². The predicted octanol–water partition coefficient (Wildman–Crippen LogP) is 5.08. The van der Waals surface area contributed by atoms with Gasteiger partial charge in [-0.15, -0.1) is 11.3 Å². The predicted molar refractivity (Wildman–Crippen MR) is 120 cm³/mol. The molecule has 2 aromatic heterocycles. The Morgan fingerprint density at radius 3 is 2.90 bits per heavy atom. The van der Waals surface area contributed by atoms with Crippen LogP contribution in [0.2, 0.25) is 5.02 Å². The molecule has 1 N–H and O–H groups in total. The number of hydrogen-bond acceptors (Lipinski definition) is 5. The minimum atomic E-state index is -0.255. The van der Waals surface area contributed by atoms with Gasteiger partial charge < -0.3 is 14.0 Å². The number of benzene rings is 1. The molecular weight excluding hydrogens is 422 g/mol. The summed E-state index contributed by atoms with van der Waals surface area (Å²) in [6.45, 7) is 5.84. The van der Waals surface area contributed by atoms with Crippen molar-refractivity contribution in [2.45, 2.75) is 39.3 Å². The lowest BCUT2D eigenvalue weighted by atomic mass is 10.2. The first kappa shape index (κ1) is 20.9. The maximum absolute atomic E-state index is 12.2. The maximum atomic E-state index is 12.2. The van der Waals surface area contributed by atoms with Crippen LogP contribution in [0.5, 0.6) is 5.75 Å². The summed E-state index contributed by atoms with van der Waals surface area (Å²) in [6, 6.07) is 9.04. The SMILES string of the molecule is Cc1cc(-c2csc(NC(=O)COc3ccc(Cl)cc3)n2)c(C)n1CC1CCCO1. The molecule has 8 heteroatoms. The maximum Gasteiger partial charge on any atom is 0.264 e. The lowest BCUT2D eigenvalue weighted by Crippen LogP contribution is -2.20. The van der Waals surface area contributed by atoms with Crippen LogP contribution in [0.15, 0.2) is 35.7 Å². The Bertz CT molecular complexity index is 1020. The Balaban J connectivity index is 1.38. The number of thiazole rings is 1. The fourth-order valence-electron chi connectivity index (χ4n) is 3.62. The van der Waals surface area contributed by atoms with Crippen molar-refractivity contribution in [3.8, 4) is 17.0 Å². The molecule has 0 aliphatic carbocycles. The van der Waals surface area contributed by atoms with Crippen molar-refractivity contribution in [1.29, 1.82) is 0 Å². The van der Waals surface area contributed by atoms with Crippen LogP contribution in [0.25, 0.3) is 11.3 Å². The summed E-state index contributed by atoms with van der Waals surface area (Å²) in [6.07, 6.45) is 2.53. The fourth-order valence-corrected chi connectivity index (χ4v) is 4.48. The summed E-state index contributed by atoms with van der Waals surface area (Å²) < 4.78 is 13.6. The lowest BCUT2D eigenvalue weighted by Gasteiger charge is -2.14. The van der Waals surface area contributed by atoms with Crippen LogP contribution in [0, 0.1) is 13.8 Å². The van der Waals surface area contributed by atoms with E-state index in [-0.39, 0.29) is 18.6 Å². The largest absolute Gasteiger partial charge is 0.484 e. The second-order valence-corrected chi connectivity index (χ2v) is 8.65. The number of carbonyl (C=O) groups is 1. The Hall–Kier alpha value is -2.35. The van der Waals surface area contributed by atoms with Gasteiger partial charge in [0.25, 0.3) is 5.91 Å². The van der Waals surface area contributed by atoms with E-state index in [1.807, 2.05) is 5.38 Å². The van der Waals surface area contributed by atoms with E-state index in [9.17, 15) is 4.79 Å². The molecule has 0 radical (unpaired) electrons. The summed E-state index contributed by atoms with van der Waals surface area (Å²) in [5.74, 6) is 0.336. The highest BCUT2D eigenvalue weighted by Crippen LogP contribution is 2.31. The molecule has 0 spiro atoms. The van der Waals surface area contributed by atoms with Crippen molar-refractivity contribution in [3.63, 3.8) is 0 Å². The molecule has 3 aromatic rings. The molecule has 1 saturated heterocycles. The van der Waals surface area contributed by atoms with Gasteiger partial charge in [0.05, 0.1) is 11.8 Å². The molecule has 4 rings (SSSR count). The van der Waals surface area contributed by atoms with Crippen LogP contribution in [0.4, 0.5) is 5.13 Å².